The van der Waals surface area contributed by atoms with Gasteiger partial charge in [-0.1, -0.05) is 35.6 Å². The molecule has 38 heavy (non-hydrogen) atoms. The molecule has 192 valence electrons. The Morgan fingerprint density at radius 3 is 2.55 bits per heavy atom. The third-order valence-corrected chi connectivity index (χ3v) is 9.57. The lowest BCUT2D eigenvalue weighted by molar-refractivity contribution is 0.392. The van der Waals surface area contributed by atoms with E-state index in [1.54, 1.807) is 18.8 Å². The molecule has 9 heteroatoms. The Bertz CT molecular complexity index is 1800. The number of fused-ring (bicyclic) bond motifs is 3. The molecule has 0 amide bonds. The molecule has 4 aromatic rings. The highest BCUT2D eigenvalue weighted by atomic mass is 127. The van der Waals surface area contributed by atoms with Crippen LogP contribution in [0.25, 0.3) is 11.8 Å². The van der Waals surface area contributed by atoms with Crippen molar-refractivity contribution < 1.29 is 14.6 Å². The molecule has 2 heterocycles. The van der Waals surface area contributed by atoms with Gasteiger partial charge in [0.05, 0.1) is 37.6 Å². The molecule has 0 bridgehead atoms. The molecular formula is C29H22I2N2O4S. The quantitative estimate of drug-likeness (QED) is 0.290. The van der Waals surface area contributed by atoms with Crippen LogP contribution in [0, 0.1) is 7.14 Å². The largest absolute Gasteiger partial charge is 0.506 e. The van der Waals surface area contributed by atoms with Crippen molar-refractivity contribution in [2.45, 2.75) is 18.9 Å². The third kappa shape index (κ3) is 4.28. The first kappa shape index (κ1) is 25.6. The number of benzene rings is 3. The maximum atomic E-state index is 14.0. The van der Waals surface area contributed by atoms with E-state index in [1.165, 1.54) is 16.9 Å². The van der Waals surface area contributed by atoms with Crippen molar-refractivity contribution in [3.05, 3.63) is 109 Å². The standard InChI is InChI=1S/C29H22I2N2O4S/c1-36-17-8-10-23(37-2)20(14-17)26-19-9-7-16-5-3-4-6-18(16)25(19)32-29-33(26)28(35)24(38-29)13-15-11-21(30)27(34)22(31)12-15/h3-6,8,10-14,26,34H,7,9H2,1-2H3/b24-13+/t26-/m0/s1. The van der Waals surface area contributed by atoms with Gasteiger partial charge in [-0.3, -0.25) is 9.36 Å². The molecule has 0 fully saturated rings. The van der Waals surface area contributed by atoms with E-state index < -0.39 is 0 Å². The highest BCUT2D eigenvalue weighted by Gasteiger charge is 2.34. The van der Waals surface area contributed by atoms with Gasteiger partial charge in [-0.2, -0.15) is 0 Å². The van der Waals surface area contributed by atoms with Gasteiger partial charge in [0.1, 0.15) is 17.2 Å². The minimum atomic E-state index is -0.373. The van der Waals surface area contributed by atoms with Crippen molar-refractivity contribution in [3.8, 4) is 17.2 Å². The van der Waals surface area contributed by atoms with Crippen molar-refractivity contribution in [1.29, 1.82) is 0 Å². The van der Waals surface area contributed by atoms with Gasteiger partial charge < -0.3 is 14.6 Å². The molecule has 1 N–H and O–H groups in total. The Labute approximate surface area is 250 Å². The van der Waals surface area contributed by atoms with E-state index in [9.17, 15) is 9.90 Å². The number of nitrogens with zero attached hydrogens (tertiary/aromatic N) is 2. The summed E-state index contributed by atoms with van der Waals surface area (Å²) in [4.78, 5) is 19.8. The predicted octanol–water partition coefficient (Wildman–Crippen LogP) is 5.25. The molecule has 0 spiro atoms. The zero-order valence-electron chi connectivity index (χ0n) is 20.5. The zero-order chi connectivity index (χ0) is 26.6. The van der Waals surface area contributed by atoms with Gasteiger partial charge in [0.2, 0.25) is 0 Å². The van der Waals surface area contributed by atoms with Crippen molar-refractivity contribution >= 4 is 68.3 Å². The number of phenolic OH excluding ortho intramolecular Hbond substituents is 1. The summed E-state index contributed by atoms with van der Waals surface area (Å²) in [6.45, 7) is 0. The number of aryl methyl sites for hydroxylation is 1. The summed E-state index contributed by atoms with van der Waals surface area (Å²) in [5, 5.41) is 10.2. The molecule has 0 saturated heterocycles. The first-order chi connectivity index (χ1) is 18.4. The molecule has 1 atom stereocenters. The number of hydrogen-bond acceptors (Lipinski definition) is 6. The molecule has 3 aromatic carbocycles. The van der Waals surface area contributed by atoms with Crippen LogP contribution >= 0.6 is 56.5 Å². The van der Waals surface area contributed by atoms with E-state index >= 15 is 0 Å². The Hall–Kier alpha value is -2.64. The van der Waals surface area contributed by atoms with Crippen LogP contribution in [-0.2, 0) is 6.42 Å². The monoisotopic (exact) mass is 748 g/mol. The number of thiazole rings is 1. The minimum Gasteiger partial charge on any atom is -0.506 e. The molecule has 0 saturated carbocycles. The molecule has 2 aliphatic rings. The van der Waals surface area contributed by atoms with Crippen molar-refractivity contribution in [1.82, 2.24) is 4.57 Å². The minimum absolute atomic E-state index is 0.105. The lowest BCUT2D eigenvalue weighted by atomic mass is 9.83. The Morgan fingerprint density at radius 2 is 1.82 bits per heavy atom. The van der Waals surface area contributed by atoms with Crippen LogP contribution in [0.4, 0.5) is 0 Å². The van der Waals surface area contributed by atoms with Crippen LogP contribution in [0.5, 0.6) is 17.2 Å². The van der Waals surface area contributed by atoms with E-state index in [1.807, 2.05) is 42.5 Å². The van der Waals surface area contributed by atoms with Crippen LogP contribution in [0.3, 0.4) is 0 Å². The number of ether oxygens (including phenoxy) is 2. The Morgan fingerprint density at radius 1 is 1.05 bits per heavy atom. The number of phenols is 1. The zero-order valence-corrected chi connectivity index (χ0v) is 25.6. The van der Waals surface area contributed by atoms with Crippen LogP contribution in [-0.4, -0.2) is 23.9 Å². The van der Waals surface area contributed by atoms with Gasteiger partial charge >= 0.3 is 0 Å². The van der Waals surface area contributed by atoms with Gasteiger partial charge in [0.25, 0.3) is 5.56 Å². The summed E-state index contributed by atoms with van der Waals surface area (Å²) >= 11 is 5.59. The van der Waals surface area contributed by atoms with Gasteiger partial charge in [0.15, 0.2) is 4.80 Å². The predicted molar refractivity (Wildman–Crippen MR) is 166 cm³/mol. The summed E-state index contributed by atoms with van der Waals surface area (Å²) < 4.78 is 15.2. The van der Waals surface area contributed by atoms with Crippen LogP contribution < -0.4 is 24.4 Å². The average molecular weight is 748 g/mol. The van der Waals surface area contributed by atoms with E-state index in [-0.39, 0.29) is 17.4 Å². The number of allylic oxidation sites excluding steroid dienone is 1. The molecule has 0 unspecified atom stereocenters. The molecule has 0 radical (unpaired) electrons. The number of aromatic hydroxyl groups is 1. The highest BCUT2D eigenvalue weighted by Crippen LogP contribution is 2.44. The van der Waals surface area contributed by atoms with Crippen LogP contribution in [0.15, 0.2) is 70.0 Å². The van der Waals surface area contributed by atoms with Crippen LogP contribution in [0.2, 0.25) is 0 Å². The maximum Gasteiger partial charge on any atom is 0.271 e. The Kier molecular flexibility index (Phi) is 6.85. The van der Waals surface area contributed by atoms with Gasteiger partial charge in [-0.25, -0.2) is 4.99 Å². The topological polar surface area (TPSA) is 73.1 Å². The van der Waals surface area contributed by atoms with Gasteiger partial charge in [0, 0.05) is 11.1 Å². The second kappa shape index (κ2) is 10.2. The summed E-state index contributed by atoms with van der Waals surface area (Å²) in [7, 11) is 3.29. The molecule has 6 rings (SSSR count). The van der Waals surface area contributed by atoms with E-state index in [0.29, 0.717) is 20.8 Å². The van der Waals surface area contributed by atoms with Gasteiger partial charge in [-0.05, 0) is 111 Å². The van der Waals surface area contributed by atoms with Crippen molar-refractivity contribution in [2.75, 3.05) is 14.2 Å². The number of aromatic nitrogens is 1. The first-order valence-electron chi connectivity index (χ1n) is 11.9. The van der Waals surface area contributed by atoms with E-state index in [2.05, 4.69) is 63.4 Å². The molecule has 1 aliphatic heterocycles. The van der Waals surface area contributed by atoms with E-state index in [4.69, 9.17) is 14.5 Å². The molecule has 6 nitrogen and oxygen atoms in total. The van der Waals surface area contributed by atoms with Crippen molar-refractivity contribution in [3.63, 3.8) is 0 Å². The fourth-order valence-corrected chi connectivity index (χ4v) is 7.99. The normalized spacial score (nSPS) is 16.4. The summed E-state index contributed by atoms with van der Waals surface area (Å²) in [6.07, 6.45) is 3.55. The van der Waals surface area contributed by atoms with Crippen LogP contribution in [0.1, 0.15) is 34.7 Å². The molecular weight excluding hydrogens is 726 g/mol. The fourth-order valence-electron chi connectivity index (χ4n) is 5.17. The first-order valence-corrected chi connectivity index (χ1v) is 14.9. The van der Waals surface area contributed by atoms with Crippen molar-refractivity contribution in [2.24, 2.45) is 4.99 Å². The lowest BCUT2D eigenvalue weighted by Crippen LogP contribution is -2.39. The fraction of sp³-hybridized carbons (Fsp3) is 0.172. The molecule has 1 aliphatic carbocycles. The van der Waals surface area contributed by atoms with Gasteiger partial charge in [-0.15, -0.1) is 0 Å². The summed E-state index contributed by atoms with van der Waals surface area (Å²) in [5.41, 5.74) is 6.03. The summed E-state index contributed by atoms with van der Waals surface area (Å²) in [6, 6.07) is 17.5. The van der Waals surface area contributed by atoms with E-state index in [0.717, 1.165) is 47.9 Å². The Balaban J connectivity index is 1.65. The smallest absolute Gasteiger partial charge is 0.271 e. The number of methoxy groups -OCH3 is 2. The highest BCUT2D eigenvalue weighted by molar-refractivity contribution is 14.1. The average Bonchev–Trinajstić information content (AvgIpc) is 3.24. The SMILES string of the molecule is COc1ccc(OC)c([C@@H]2C3=C(N=c4s/c(=C/c5cc(I)c(O)c(I)c5)c(=O)n42)c2ccccc2CC3)c1. The second-order valence-electron chi connectivity index (χ2n) is 9.05. The second-order valence-corrected chi connectivity index (χ2v) is 12.4. The third-order valence-electron chi connectivity index (χ3n) is 6.94. The molecule has 1 aromatic heterocycles. The number of hydrogen-bond donors (Lipinski definition) is 1. The number of halogens is 2. The lowest BCUT2D eigenvalue weighted by Gasteiger charge is -2.31. The maximum absolute atomic E-state index is 14.0. The summed E-state index contributed by atoms with van der Waals surface area (Å²) in [5.74, 6) is 1.65. The number of rotatable bonds is 4.